The standard InChI is InChI=1S/C36H49ClN4O7/c1-6-8-9-14-23-17-28(23)48-36(44)40-30(22-12-10-11-13-22)34(42)41-19-29(25(7-2)31(41)35(43)46-20-21(3)4)47-33-32(37)38-26-16-15-24(45-5)18-27(26)39-33/h6,15-16,18,21-23,25,28-31H,1,7-14,17,19-20H2,2-5H3,(H,40,44). The molecule has 0 radical (unpaired) electrons. The van der Waals surface area contributed by atoms with Gasteiger partial charge in [0.1, 0.15) is 30.0 Å². The largest absolute Gasteiger partial charge is 0.497 e. The first-order chi connectivity index (χ1) is 23.1. The summed E-state index contributed by atoms with van der Waals surface area (Å²) in [7, 11) is 1.57. The van der Waals surface area contributed by atoms with E-state index in [1.165, 1.54) is 4.90 Å². The number of halogens is 1. The predicted molar refractivity (Wildman–Crippen MR) is 182 cm³/mol. The first kappa shape index (κ1) is 35.7. The maximum atomic E-state index is 14.5. The van der Waals surface area contributed by atoms with Crippen LogP contribution >= 0.6 is 11.6 Å². The highest BCUT2D eigenvalue weighted by Gasteiger charge is 2.52. The van der Waals surface area contributed by atoms with Crippen molar-refractivity contribution in [3.8, 4) is 11.6 Å². The summed E-state index contributed by atoms with van der Waals surface area (Å²) >= 11 is 6.55. The molecule has 1 aromatic heterocycles. The van der Waals surface area contributed by atoms with E-state index < -0.39 is 36.2 Å². The number of ether oxygens (including phenoxy) is 4. The zero-order valence-electron chi connectivity index (χ0n) is 28.5. The van der Waals surface area contributed by atoms with Gasteiger partial charge in [0, 0.05) is 12.0 Å². The SMILES string of the molecule is C=CCCCC1CC1OC(=O)NC(C(=O)N1CC(Oc2nc3cc(OC)ccc3nc2Cl)C(CC)C1C(=O)OCC(C)C)C1CCCC1. The van der Waals surface area contributed by atoms with E-state index in [1.807, 2.05) is 26.8 Å². The molecule has 11 nitrogen and oxygen atoms in total. The Kier molecular flexibility index (Phi) is 12.0. The molecule has 3 aliphatic rings. The third-order valence-electron chi connectivity index (χ3n) is 9.72. The minimum atomic E-state index is -0.919. The van der Waals surface area contributed by atoms with Crippen LogP contribution < -0.4 is 14.8 Å². The van der Waals surface area contributed by atoms with Gasteiger partial charge in [0.25, 0.3) is 5.88 Å². The molecular formula is C36H49ClN4O7. The number of unbranched alkanes of at least 4 members (excludes halogenated alkanes) is 1. The first-order valence-electron chi connectivity index (χ1n) is 17.4. The van der Waals surface area contributed by atoms with Crippen LogP contribution in [0.3, 0.4) is 0 Å². The summed E-state index contributed by atoms with van der Waals surface area (Å²) in [5.74, 6) is -0.175. The van der Waals surface area contributed by atoms with Crippen molar-refractivity contribution < 1.29 is 33.3 Å². The number of nitrogens with zero attached hydrogens (tertiary/aromatic N) is 3. The maximum absolute atomic E-state index is 14.5. The number of hydrogen-bond donors (Lipinski definition) is 1. The zero-order valence-corrected chi connectivity index (χ0v) is 29.2. The molecule has 6 unspecified atom stereocenters. The monoisotopic (exact) mass is 684 g/mol. The summed E-state index contributed by atoms with van der Waals surface area (Å²) < 4.78 is 23.2. The molecular weight excluding hydrogens is 636 g/mol. The minimum Gasteiger partial charge on any atom is -0.497 e. The number of allylic oxidation sites excluding steroid dienone is 1. The van der Waals surface area contributed by atoms with Crippen molar-refractivity contribution in [3.63, 3.8) is 0 Å². The maximum Gasteiger partial charge on any atom is 0.408 e. The van der Waals surface area contributed by atoms with Gasteiger partial charge >= 0.3 is 12.1 Å². The van der Waals surface area contributed by atoms with Crippen LogP contribution in [0.1, 0.15) is 78.6 Å². The van der Waals surface area contributed by atoms with E-state index in [-0.39, 0.29) is 48.0 Å². The van der Waals surface area contributed by atoms with Crippen LogP contribution in [0.2, 0.25) is 5.15 Å². The molecule has 12 heteroatoms. The highest BCUT2D eigenvalue weighted by Crippen LogP contribution is 2.39. The molecule has 262 valence electrons. The molecule has 2 aliphatic carbocycles. The fraction of sp³-hybridized carbons (Fsp3) is 0.639. The van der Waals surface area contributed by atoms with Crippen molar-refractivity contribution in [1.29, 1.82) is 0 Å². The topological polar surface area (TPSA) is 129 Å². The van der Waals surface area contributed by atoms with E-state index in [4.69, 9.17) is 30.5 Å². The van der Waals surface area contributed by atoms with Crippen molar-refractivity contribution in [3.05, 3.63) is 36.0 Å². The molecule has 0 spiro atoms. The van der Waals surface area contributed by atoms with Crippen LogP contribution in [0.25, 0.3) is 11.0 Å². The number of rotatable bonds is 15. The minimum absolute atomic E-state index is 0.0716. The normalized spacial score (nSPS) is 24.4. The molecule has 2 heterocycles. The third kappa shape index (κ3) is 8.51. The van der Waals surface area contributed by atoms with Gasteiger partial charge in [-0.2, -0.15) is 0 Å². The molecule has 5 rings (SSSR count). The molecule has 1 aliphatic heterocycles. The fourth-order valence-corrected chi connectivity index (χ4v) is 7.21. The first-order valence-corrected chi connectivity index (χ1v) is 17.7. The van der Waals surface area contributed by atoms with Gasteiger partial charge in [0.2, 0.25) is 5.91 Å². The summed E-state index contributed by atoms with van der Waals surface area (Å²) in [4.78, 5) is 52.1. The highest BCUT2D eigenvalue weighted by molar-refractivity contribution is 6.31. The predicted octanol–water partition coefficient (Wildman–Crippen LogP) is 6.51. The molecule has 2 amide bonds. The lowest BCUT2D eigenvalue weighted by atomic mass is 9.93. The van der Waals surface area contributed by atoms with Crippen LogP contribution in [-0.2, 0) is 19.1 Å². The summed E-state index contributed by atoms with van der Waals surface area (Å²) in [6.45, 7) is 9.93. The van der Waals surface area contributed by atoms with Crippen LogP contribution in [0.5, 0.6) is 11.6 Å². The number of likely N-dealkylation sites (tertiary alicyclic amines) is 1. The molecule has 3 fully saturated rings. The quantitative estimate of drug-likeness (QED) is 0.127. The molecule has 1 N–H and O–H groups in total. The van der Waals surface area contributed by atoms with Gasteiger partial charge in [0.15, 0.2) is 5.15 Å². The van der Waals surface area contributed by atoms with Crippen LogP contribution in [0.4, 0.5) is 4.79 Å². The second-order valence-electron chi connectivity index (χ2n) is 13.7. The number of amides is 2. The van der Waals surface area contributed by atoms with Crippen molar-refractivity contribution in [2.45, 2.75) is 103 Å². The van der Waals surface area contributed by atoms with Crippen molar-refractivity contribution in [2.24, 2.45) is 23.7 Å². The molecule has 1 saturated heterocycles. The number of alkyl carbamates (subject to hydrolysis) is 1. The molecule has 0 bridgehead atoms. The summed E-state index contributed by atoms with van der Waals surface area (Å²) in [5, 5.41) is 3.00. The fourth-order valence-electron chi connectivity index (χ4n) is 7.03. The summed E-state index contributed by atoms with van der Waals surface area (Å²) in [5.41, 5.74) is 1.11. The van der Waals surface area contributed by atoms with Gasteiger partial charge in [0.05, 0.1) is 31.3 Å². The average molecular weight is 685 g/mol. The van der Waals surface area contributed by atoms with E-state index in [2.05, 4.69) is 21.9 Å². The van der Waals surface area contributed by atoms with Crippen LogP contribution in [0, 0.1) is 23.7 Å². The van der Waals surface area contributed by atoms with E-state index in [1.54, 1.807) is 25.3 Å². The Labute approximate surface area is 288 Å². The van der Waals surface area contributed by atoms with E-state index >= 15 is 0 Å². The Morgan fingerprint density at radius 1 is 1.15 bits per heavy atom. The lowest BCUT2D eigenvalue weighted by Gasteiger charge is -2.32. The van der Waals surface area contributed by atoms with E-state index in [9.17, 15) is 14.4 Å². The number of nitrogens with one attached hydrogen (secondary N) is 1. The van der Waals surface area contributed by atoms with Gasteiger partial charge in [-0.3, -0.25) is 4.79 Å². The number of carbonyl (C=O) groups excluding carboxylic acids is 3. The number of aromatic nitrogens is 2. The van der Waals surface area contributed by atoms with Crippen molar-refractivity contribution in [2.75, 3.05) is 20.3 Å². The van der Waals surface area contributed by atoms with Crippen molar-refractivity contribution in [1.82, 2.24) is 20.2 Å². The number of hydrogen-bond acceptors (Lipinski definition) is 9. The number of carbonyl (C=O) groups is 3. The van der Waals surface area contributed by atoms with Gasteiger partial charge < -0.3 is 29.2 Å². The average Bonchev–Trinajstić information content (AvgIpc) is 3.42. The Morgan fingerprint density at radius 2 is 1.92 bits per heavy atom. The third-order valence-corrected chi connectivity index (χ3v) is 9.97. The van der Waals surface area contributed by atoms with Crippen molar-refractivity contribution >= 4 is 40.6 Å². The second-order valence-corrected chi connectivity index (χ2v) is 14.0. The van der Waals surface area contributed by atoms with Crippen LogP contribution in [0.15, 0.2) is 30.9 Å². The highest BCUT2D eigenvalue weighted by atomic mass is 35.5. The number of esters is 1. The van der Waals surface area contributed by atoms with E-state index in [0.717, 1.165) is 51.4 Å². The molecule has 2 aromatic rings. The smallest absolute Gasteiger partial charge is 0.408 e. The molecule has 6 atom stereocenters. The number of benzene rings is 1. The molecule has 48 heavy (non-hydrogen) atoms. The molecule has 1 aromatic carbocycles. The number of methoxy groups -OCH3 is 1. The second kappa shape index (κ2) is 16.2. The van der Waals surface area contributed by atoms with Crippen LogP contribution in [-0.4, -0.2) is 77.4 Å². The Morgan fingerprint density at radius 3 is 2.60 bits per heavy atom. The summed E-state index contributed by atoms with van der Waals surface area (Å²) in [6.07, 6.45) is 8.30. The Bertz CT molecular complexity index is 1470. The Hall–Kier alpha value is -3.60. The summed E-state index contributed by atoms with van der Waals surface area (Å²) in [6, 6.07) is 3.51. The van der Waals surface area contributed by atoms with Gasteiger partial charge in [-0.05, 0) is 74.8 Å². The van der Waals surface area contributed by atoms with Gasteiger partial charge in [-0.25, -0.2) is 19.6 Å². The lowest BCUT2D eigenvalue weighted by Crippen LogP contribution is -2.55. The zero-order chi connectivity index (χ0) is 34.4. The Balaban J connectivity index is 1.38. The van der Waals surface area contributed by atoms with E-state index in [0.29, 0.717) is 29.1 Å². The molecule has 2 saturated carbocycles. The number of fused-ring (bicyclic) bond motifs is 1. The van der Waals surface area contributed by atoms with Gasteiger partial charge in [-0.15, -0.1) is 6.58 Å². The lowest BCUT2D eigenvalue weighted by molar-refractivity contribution is -0.156. The van der Waals surface area contributed by atoms with Gasteiger partial charge in [-0.1, -0.05) is 51.3 Å².